The summed E-state index contributed by atoms with van der Waals surface area (Å²) in [5, 5.41) is 33.0. The molecule has 46 heavy (non-hydrogen) atoms. The number of unbranched alkanes of at least 4 members (excludes halogenated alkanes) is 25. The molecule has 0 aliphatic heterocycles. The van der Waals surface area contributed by atoms with Crippen molar-refractivity contribution in [3.63, 3.8) is 0 Å². The third-order valence-electron chi connectivity index (χ3n) is 9.24. The van der Waals surface area contributed by atoms with Gasteiger partial charge < -0.3 is 20.6 Å². The van der Waals surface area contributed by atoms with Crippen molar-refractivity contribution < 1.29 is 20.1 Å². The summed E-state index contributed by atoms with van der Waals surface area (Å²) in [5.41, 5.74) is 0. The fraction of sp³-hybridized carbons (Fsp3) is 0.878. The Morgan fingerprint density at radius 2 is 0.935 bits per heavy atom. The largest absolute Gasteiger partial charge is 0.394 e. The first-order valence-electron chi connectivity index (χ1n) is 20.1. The molecule has 0 aliphatic rings. The number of aliphatic hydroxyl groups excluding tert-OH is 3. The summed E-state index contributed by atoms with van der Waals surface area (Å²) in [6, 6.07) is -0.755. The Hall–Kier alpha value is -1.17. The number of carbonyl (C=O) groups is 1. The van der Waals surface area contributed by atoms with Gasteiger partial charge in [-0.05, 0) is 32.1 Å². The average Bonchev–Trinajstić information content (AvgIpc) is 3.05. The zero-order chi connectivity index (χ0) is 33.8. The maximum Gasteiger partial charge on any atom is 0.222 e. The molecule has 0 bridgehead atoms. The number of nitrogens with one attached hydrogen (secondary N) is 1. The van der Waals surface area contributed by atoms with Gasteiger partial charge in [-0.3, -0.25) is 4.79 Å². The van der Waals surface area contributed by atoms with Gasteiger partial charge in [-0.1, -0.05) is 192 Å². The van der Waals surface area contributed by atoms with E-state index in [1.807, 2.05) is 6.08 Å². The van der Waals surface area contributed by atoms with Gasteiger partial charge in [0, 0.05) is 0 Å². The molecule has 0 spiro atoms. The van der Waals surface area contributed by atoms with Gasteiger partial charge in [-0.2, -0.15) is 0 Å². The summed E-state index contributed by atoms with van der Waals surface area (Å²) in [7, 11) is 0. The molecule has 0 aromatic heterocycles. The van der Waals surface area contributed by atoms with E-state index in [1.54, 1.807) is 6.08 Å². The van der Waals surface area contributed by atoms with E-state index in [9.17, 15) is 20.1 Å². The topological polar surface area (TPSA) is 89.8 Å². The highest BCUT2D eigenvalue weighted by molar-refractivity contribution is 5.76. The summed E-state index contributed by atoms with van der Waals surface area (Å²) in [6.45, 7) is 4.16. The second-order valence-corrected chi connectivity index (χ2v) is 13.9. The van der Waals surface area contributed by atoms with Gasteiger partial charge in [0.1, 0.15) is 0 Å². The van der Waals surface area contributed by atoms with Gasteiger partial charge in [-0.15, -0.1) is 0 Å². The molecule has 0 rings (SSSR count). The van der Waals surface area contributed by atoms with Crippen LogP contribution in [0.25, 0.3) is 0 Å². The Bertz CT molecular complexity index is 679. The zero-order valence-electron chi connectivity index (χ0n) is 30.7. The van der Waals surface area contributed by atoms with Crippen LogP contribution in [0.4, 0.5) is 0 Å². The van der Waals surface area contributed by atoms with Crippen molar-refractivity contribution in [2.24, 2.45) is 0 Å². The van der Waals surface area contributed by atoms with E-state index in [-0.39, 0.29) is 18.9 Å². The lowest BCUT2D eigenvalue weighted by Crippen LogP contribution is -2.45. The molecule has 1 amide bonds. The quantitative estimate of drug-likeness (QED) is 0.0401. The van der Waals surface area contributed by atoms with Crippen LogP contribution in [0.5, 0.6) is 0 Å². The molecular formula is C41H79NO4. The summed E-state index contributed by atoms with van der Waals surface area (Å²) in [4.78, 5) is 12.4. The first-order valence-corrected chi connectivity index (χ1v) is 20.1. The number of hydrogen-bond donors (Lipinski definition) is 4. The molecule has 0 radical (unpaired) electrons. The molecular weight excluding hydrogens is 570 g/mol. The molecule has 0 aromatic carbocycles. The van der Waals surface area contributed by atoms with E-state index in [2.05, 4.69) is 31.3 Å². The highest BCUT2D eigenvalue weighted by Gasteiger charge is 2.20. The normalized spacial score (nSPS) is 13.9. The van der Waals surface area contributed by atoms with Gasteiger partial charge >= 0.3 is 0 Å². The Balaban J connectivity index is 3.62. The van der Waals surface area contributed by atoms with Crippen LogP contribution in [0.1, 0.15) is 206 Å². The monoisotopic (exact) mass is 650 g/mol. The van der Waals surface area contributed by atoms with Crippen LogP contribution in [-0.2, 0) is 4.79 Å². The number of aliphatic hydroxyl groups is 3. The maximum atomic E-state index is 12.4. The van der Waals surface area contributed by atoms with Crippen molar-refractivity contribution in [1.29, 1.82) is 0 Å². The Morgan fingerprint density at radius 1 is 0.543 bits per heavy atom. The van der Waals surface area contributed by atoms with E-state index in [0.717, 1.165) is 32.1 Å². The van der Waals surface area contributed by atoms with Crippen LogP contribution in [0.3, 0.4) is 0 Å². The third kappa shape index (κ3) is 32.8. The van der Waals surface area contributed by atoms with Crippen LogP contribution in [-0.4, -0.2) is 46.1 Å². The van der Waals surface area contributed by atoms with Crippen molar-refractivity contribution in [2.45, 2.75) is 225 Å². The van der Waals surface area contributed by atoms with Gasteiger partial charge in [-0.25, -0.2) is 0 Å². The predicted octanol–water partition coefficient (Wildman–Crippen LogP) is 11.0. The maximum absolute atomic E-state index is 12.4. The van der Waals surface area contributed by atoms with E-state index in [4.69, 9.17) is 0 Å². The second-order valence-electron chi connectivity index (χ2n) is 13.9. The summed E-state index contributed by atoms with van der Waals surface area (Å²) >= 11 is 0. The molecule has 3 atom stereocenters. The molecule has 0 fully saturated rings. The third-order valence-corrected chi connectivity index (χ3v) is 9.24. The molecule has 0 saturated heterocycles. The van der Waals surface area contributed by atoms with Crippen LogP contribution in [0.2, 0.25) is 0 Å². The number of rotatable bonds is 36. The zero-order valence-corrected chi connectivity index (χ0v) is 30.7. The summed E-state index contributed by atoms with van der Waals surface area (Å²) in [6.07, 6.45) is 43.2. The smallest absolute Gasteiger partial charge is 0.222 e. The lowest BCUT2D eigenvalue weighted by Gasteiger charge is -2.21. The molecule has 5 heteroatoms. The summed E-state index contributed by atoms with van der Waals surface area (Å²) in [5.74, 6) is -0.325. The minimum atomic E-state index is -0.946. The van der Waals surface area contributed by atoms with E-state index in [1.165, 1.54) is 148 Å². The number of allylic oxidation sites excluding steroid dienone is 3. The minimum Gasteiger partial charge on any atom is -0.394 e. The summed E-state index contributed by atoms with van der Waals surface area (Å²) < 4.78 is 0. The predicted molar refractivity (Wildman–Crippen MR) is 199 cm³/mol. The molecule has 5 nitrogen and oxygen atoms in total. The second kappa shape index (κ2) is 36.7. The van der Waals surface area contributed by atoms with Gasteiger partial charge in [0.15, 0.2) is 0 Å². The van der Waals surface area contributed by atoms with Gasteiger partial charge in [0.25, 0.3) is 0 Å². The number of hydrogen-bond acceptors (Lipinski definition) is 4. The average molecular weight is 650 g/mol. The van der Waals surface area contributed by atoms with Crippen molar-refractivity contribution in [1.82, 2.24) is 5.32 Å². The Kier molecular flexibility index (Phi) is 35.7. The molecule has 4 N–H and O–H groups in total. The molecule has 0 aliphatic carbocycles. The van der Waals surface area contributed by atoms with Crippen LogP contribution in [0, 0.1) is 0 Å². The van der Waals surface area contributed by atoms with Gasteiger partial charge in [0.2, 0.25) is 5.91 Å². The Morgan fingerprint density at radius 3 is 1.39 bits per heavy atom. The molecule has 0 saturated carbocycles. The first-order chi connectivity index (χ1) is 22.5. The van der Waals surface area contributed by atoms with E-state index in [0.29, 0.717) is 6.42 Å². The van der Waals surface area contributed by atoms with E-state index < -0.39 is 18.2 Å². The Labute approximate surface area is 286 Å². The number of amides is 1. The first kappa shape index (κ1) is 44.8. The van der Waals surface area contributed by atoms with E-state index >= 15 is 0 Å². The molecule has 0 aromatic rings. The van der Waals surface area contributed by atoms with Crippen LogP contribution >= 0.6 is 0 Å². The van der Waals surface area contributed by atoms with Crippen molar-refractivity contribution in [3.8, 4) is 0 Å². The SMILES string of the molecule is CCCCCC/C=C/CC/C=C/C(O)C(CO)NC(=O)CC(O)CCCCCCCCCCCCCCCCCCCCCCC. The lowest BCUT2D eigenvalue weighted by atomic mass is 10.0. The van der Waals surface area contributed by atoms with Crippen molar-refractivity contribution in [2.75, 3.05) is 6.61 Å². The van der Waals surface area contributed by atoms with Crippen molar-refractivity contribution in [3.05, 3.63) is 24.3 Å². The fourth-order valence-electron chi connectivity index (χ4n) is 6.12. The number of carbonyl (C=O) groups excluding carboxylic acids is 1. The van der Waals surface area contributed by atoms with Crippen LogP contribution < -0.4 is 5.32 Å². The van der Waals surface area contributed by atoms with Crippen molar-refractivity contribution >= 4 is 5.91 Å². The van der Waals surface area contributed by atoms with Crippen LogP contribution in [0.15, 0.2) is 24.3 Å². The molecule has 272 valence electrons. The lowest BCUT2D eigenvalue weighted by molar-refractivity contribution is -0.124. The molecule has 0 heterocycles. The molecule has 3 unspecified atom stereocenters. The highest BCUT2D eigenvalue weighted by atomic mass is 16.3. The highest BCUT2D eigenvalue weighted by Crippen LogP contribution is 2.16. The van der Waals surface area contributed by atoms with Gasteiger partial charge in [0.05, 0.1) is 31.3 Å². The minimum absolute atomic E-state index is 0.00911. The standard InChI is InChI=1S/C41H79NO4/c1-3-5-7-9-11-13-15-16-17-18-19-20-21-22-23-24-25-26-28-30-32-34-38(44)36-41(46)42-39(37-43)40(45)35-33-31-29-27-14-12-10-8-6-4-2/h14,27,33,35,38-40,43-45H,3-13,15-26,28-32,34,36-37H2,1-2H3,(H,42,46)/b27-14+,35-33+. The fourth-order valence-corrected chi connectivity index (χ4v) is 6.12.